The van der Waals surface area contributed by atoms with E-state index in [2.05, 4.69) is 20.3 Å². The van der Waals surface area contributed by atoms with Crippen LogP contribution < -0.4 is 5.32 Å². The molecule has 2 atom stereocenters. The van der Waals surface area contributed by atoms with Gasteiger partial charge in [-0.05, 0) is 64.5 Å². The van der Waals surface area contributed by atoms with Crippen molar-refractivity contribution in [2.75, 3.05) is 25.4 Å². The van der Waals surface area contributed by atoms with E-state index in [1.54, 1.807) is 6.07 Å². The van der Waals surface area contributed by atoms with E-state index in [1.165, 1.54) is 12.8 Å². The average molecular weight is 435 g/mol. The second-order valence-corrected chi connectivity index (χ2v) is 12.4. The Morgan fingerprint density at radius 3 is 2.57 bits per heavy atom. The van der Waals surface area contributed by atoms with Crippen molar-refractivity contribution >= 4 is 15.7 Å². The van der Waals surface area contributed by atoms with Crippen LogP contribution in [0.15, 0.2) is 10.6 Å². The molecule has 1 aliphatic carbocycles. The van der Waals surface area contributed by atoms with Gasteiger partial charge in [-0.1, -0.05) is 5.16 Å². The molecule has 1 amide bonds. The van der Waals surface area contributed by atoms with E-state index in [1.807, 2.05) is 0 Å². The van der Waals surface area contributed by atoms with Crippen LogP contribution in [-0.2, 0) is 9.84 Å². The van der Waals surface area contributed by atoms with Crippen LogP contribution in [0, 0.1) is 0 Å². The highest BCUT2D eigenvalue weighted by Crippen LogP contribution is 2.59. The number of hydrogen-bond donors (Lipinski definition) is 1. The van der Waals surface area contributed by atoms with E-state index in [0.717, 1.165) is 44.5 Å². The van der Waals surface area contributed by atoms with Crippen LogP contribution in [0.5, 0.6) is 0 Å². The van der Waals surface area contributed by atoms with Crippen LogP contribution in [0.4, 0.5) is 0 Å². The first-order valence-electron chi connectivity index (χ1n) is 11.5. The van der Waals surface area contributed by atoms with E-state index in [-0.39, 0.29) is 29.8 Å². The fourth-order valence-corrected chi connectivity index (χ4v) is 8.70. The van der Waals surface area contributed by atoms with E-state index in [0.29, 0.717) is 31.0 Å². The van der Waals surface area contributed by atoms with Gasteiger partial charge < -0.3 is 14.7 Å². The number of carbonyl (C=O) groups excluding carboxylic acids is 1. The third-order valence-electron chi connectivity index (χ3n) is 8.01. The summed E-state index contributed by atoms with van der Waals surface area (Å²) in [6.07, 6.45) is 7.66. The first-order valence-corrected chi connectivity index (χ1v) is 13.1. The van der Waals surface area contributed by atoms with Crippen molar-refractivity contribution in [3.8, 4) is 0 Å². The monoisotopic (exact) mass is 434 g/mol. The summed E-state index contributed by atoms with van der Waals surface area (Å²) in [6.45, 7) is 2.74. The lowest BCUT2D eigenvalue weighted by Crippen LogP contribution is -2.84. The molecule has 1 aromatic heterocycles. The molecule has 4 saturated heterocycles. The standard InChI is InChI=1S/C21H30N4O4S/c26-20(18-11-19(29-23-18)14-3-4-14)22-15-9-16-12-21(13-17(10-15)25(16)21)30(27,28)8-7-24-5-1-2-6-24/h11,14-17H,1-10,12-13H2,(H,22,26). The van der Waals surface area contributed by atoms with Crippen LogP contribution >= 0.6 is 0 Å². The van der Waals surface area contributed by atoms with Crippen molar-refractivity contribution < 1.29 is 17.7 Å². The quantitative estimate of drug-likeness (QED) is 0.695. The molecular weight excluding hydrogens is 404 g/mol. The Hall–Kier alpha value is -1.45. The summed E-state index contributed by atoms with van der Waals surface area (Å²) in [7, 11) is -3.12. The van der Waals surface area contributed by atoms with Gasteiger partial charge in [0.05, 0.1) is 5.75 Å². The second kappa shape index (κ2) is 6.77. The first kappa shape index (κ1) is 19.3. The van der Waals surface area contributed by atoms with Crippen molar-refractivity contribution in [3.05, 3.63) is 17.5 Å². The molecule has 1 saturated carbocycles. The molecule has 0 aromatic carbocycles. The minimum atomic E-state index is -3.12. The number of aromatic nitrogens is 1. The lowest BCUT2D eigenvalue weighted by atomic mass is 9.67. The number of amides is 1. The maximum Gasteiger partial charge on any atom is 0.273 e. The molecule has 164 valence electrons. The molecule has 8 nitrogen and oxygen atoms in total. The highest BCUT2D eigenvalue weighted by atomic mass is 32.2. The van der Waals surface area contributed by atoms with E-state index < -0.39 is 14.7 Å². The molecule has 0 radical (unpaired) electrons. The Bertz CT molecular complexity index is 934. The molecule has 1 N–H and O–H groups in total. The number of piperidine rings is 2. The van der Waals surface area contributed by atoms with Gasteiger partial charge in [-0.2, -0.15) is 0 Å². The SMILES string of the molecule is O=C(NC1CC2CC3(S(=O)(=O)CCN4CCCC4)CC(C1)N23)c1cc(C2CC2)on1. The number of nitrogens with zero attached hydrogens (tertiary/aromatic N) is 3. The van der Waals surface area contributed by atoms with Crippen LogP contribution in [0.25, 0.3) is 0 Å². The van der Waals surface area contributed by atoms with Crippen molar-refractivity contribution in [3.63, 3.8) is 0 Å². The van der Waals surface area contributed by atoms with Gasteiger partial charge in [0, 0.05) is 36.7 Å². The predicted octanol–water partition coefficient (Wildman–Crippen LogP) is 1.50. The normalized spacial score (nSPS) is 36.1. The van der Waals surface area contributed by atoms with Gasteiger partial charge >= 0.3 is 0 Å². The van der Waals surface area contributed by atoms with E-state index >= 15 is 0 Å². The Balaban J connectivity index is 1.05. The van der Waals surface area contributed by atoms with E-state index in [4.69, 9.17) is 4.52 Å². The third kappa shape index (κ3) is 2.96. The highest BCUT2D eigenvalue weighted by Gasteiger charge is 2.71. The number of rotatable bonds is 7. The minimum Gasteiger partial charge on any atom is -0.360 e. The average Bonchev–Trinajstić information content (AvgIpc) is 3.17. The van der Waals surface area contributed by atoms with E-state index in [9.17, 15) is 13.2 Å². The van der Waals surface area contributed by atoms with Gasteiger partial charge in [-0.3, -0.25) is 9.69 Å². The van der Waals surface area contributed by atoms with Gasteiger partial charge in [0.25, 0.3) is 5.91 Å². The molecular formula is C21H30N4O4S. The lowest BCUT2D eigenvalue weighted by molar-refractivity contribution is -0.176. The fraction of sp³-hybridized carbons (Fsp3) is 0.810. The van der Waals surface area contributed by atoms with Crippen molar-refractivity contribution in [1.82, 2.24) is 20.3 Å². The van der Waals surface area contributed by atoms with Gasteiger partial charge in [0.2, 0.25) is 0 Å². The first-order chi connectivity index (χ1) is 14.5. The van der Waals surface area contributed by atoms with Crippen molar-refractivity contribution in [1.29, 1.82) is 0 Å². The summed E-state index contributed by atoms with van der Waals surface area (Å²) in [5.41, 5.74) is 0.361. The van der Waals surface area contributed by atoms with Gasteiger partial charge in [0.15, 0.2) is 15.5 Å². The number of hydrogen-bond acceptors (Lipinski definition) is 7. The molecule has 4 aliphatic heterocycles. The van der Waals surface area contributed by atoms with Gasteiger partial charge in [-0.25, -0.2) is 8.42 Å². The van der Waals surface area contributed by atoms with Crippen molar-refractivity contribution in [2.24, 2.45) is 0 Å². The molecule has 2 unspecified atom stereocenters. The smallest absolute Gasteiger partial charge is 0.273 e. The second-order valence-electron chi connectivity index (χ2n) is 9.97. The molecule has 5 heterocycles. The summed E-state index contributed by atoms with van der Waals surface area (Å²) in [5, 5.41) is 7.05. The molecule has 5 aliphatic rings. The Morgan fingerprint density at radius 1 is 1.20 bits per heavy atom. The predicted molar refractivity (Wildman–Crippen MR) is 110 cm³/mol. The Kier molecular flexibility index (Phi) is 4.35. The maximum atomic E-state index is 13.1. The zero-order chi connectivity index (χ0) is 20.5. The topological polar surface area (TPSA) is 95.8 Å². The Labute approximate surface area is 177 Å². The summed E-state index contributed by atoms with van der Waals surface area (Å²) < 4.78 is 31.6. The van der Waals surface area contributed by atoms with Crippen molar-refractivity contribution in [2.45, 2.75) is 80.3 Å². The molecule has 1 aromatic rings. The lowest BCUT2D eigenvalue weighted by Gasteiger charge is -2.72. The zero-order valence-corrected chi connectivity index (χ0v) is 18.1. The molecule has 5 fully saturated rings. The number of likely N-dealkylation sites (tertiary alicyclic amines) is 1. The largest absolute Gasteiger partial charge is 0.360 e. The number of carbonyl (C=O) groups is 1. The van der Waals surface area contributed by atoms with Crippen LogP contribution in [0.2, 0.25) is 0 Å². The third-order valence-corrected chi connectivity index (χ3v) is 10.4. The molecule has 6 rings (SSSR count). The van der Waals surface area contributed by atoms with Gasteiger partial charge in [-0.15, -0.1) is 0 Å². The zero-order valence-electron chi connectivity index (χ0n) is 17.3. The molecule has 0 bridgehead atoms. The molecule has 9 heteroatoms. The van der Waals surface area contributed by atoms with Gasteiger partial charge in [0.1, 0.15) is 10.6 Å². The fourth-order valence-electron chi connectivity index (χ4n) is 6.31. The number of nitrogens with one attached hydrogen (secondary N) is 1. The Morgan fingerprint density at radius 2 is 1.90 bits per heavy atom. The number of sulfone groups is 1. The highest BCUT2D eigenvalue weighted by molar-refractivity contribution is 7.92. The minimum absolute atomic E-state index is 0.0791. The maximum absolute atomic E-state index is 13.1. The summed E-state index contributed by atoms with van der Waals surface area (Å²) in [6, 6.07) is 2.38. The summed E-state index contributed by atoms with van der Waals surface area (Å²) in [5.74, 6) is 1.36. The molecule has 0 spiro atoms. The van der Waals surface area contributed by atoms with Crippen LogP contribution in [-0.4, -0.2) is 77.7 Å². The summed E-state index contributed by atoms with van der Waals surface area (Å²) in [4.78, 5) is 16.5. The van der Waals surface area contributed by atoms with Crippen LogP contribution in [0.3, 0.4) is 0 Å². The van der Waals surface area contributed by atoms with Crippen LogP contribution in [0.1, 0.15) is 73.5 Å². The summed E-state index contributed by atoms with van der Waals surface area (Å²) >= 11 is 0. The molecule has 30 heavy (non-hydrogen) atoms.